The molecule has 0 saturated heterocycles. The molecule has 2 N–H and O–H groups in total. The summed E-state index contributed by atoms with van der Waals surface area (Å²) in [5, 5.41) is 5.73. The number of benzene rings is 3. The molecule has 0 radical (unpaired) electrons. The van der Waals surface area contributed by atoms with Crippen molar-refractivity contribution in [3.8, 4) is 11.5 Å². The second-order valence-electron chi connectivity index (χ2n) is 6.60. The van der Waals surface area contributed by atoms with Gasteiger partial charge in [0.1, 0.15) is 11.5 Å². The molecule has 0 atom stereocenters. The highest BCUT2D eigenvalue weighted by Gasteiger charge is 2.18. The Morgan fingerprint density at radius 3 is 1.50 bits per heavy atom. The lowest BCUT2D eigenvalue weighted by Gasteiger charge is -2.15. The van der Waals surface area contributed by atoms with Crippen molar-refractivity contribution in [2.24, 2.45) is 0 Å². The average molecular weight is 562 g/mol. The number of para-hydroxylation sites is 2. The molecule has 0 aromatic heterocycles. The highest BCUT2D eigenvalue weighted by molar-refractivity contribution is 9.10. The number of ether oxygens (including phenoxy) is 2. The van der Waals surface area contributed by atoms with Crippen molar-refractivity contribution in [2.45, 2.75) is 13.8 Å². The van der Waals surface area contributed by atoms with Crippen LogP contribution >= 0.6 is 31.9 Å². The molecular formula is C24H22Br2N2O4. The summed E-state index contributed by atoms with van der Waals surface area (Å²) in [7, 11) is 0. The lowest BCUT2D eigenvalue weighted by molar-refractivity contribution is 0.101. The summed E-state index contributed by atoms with van der Waals surface area (Å²) < 4.78 is 12.7. The van der Waals surface area contributed by atoms with Crippen LogP contribution < -0.4 is 20.1 Å². The minimum Gasteiger partial charge on any atom is -0.493 e. The number of anilines is 2. The predicted octanol–water partition coefficient (Wildman–Crippen LogP) is 6.51. The van der Waals surface area contributed by atoms with E-state index >= 15 is 0 Å². The van der Waals surface area contributed by atoms with Crippen molar-refractivity contribution in [1.82, 2.24) is 0 Å². The first-order chi connectivity index (χ1) is 15.4. The molecule has 3 aromatic rings. The van der Waals surface area contributed by atoms with Gasteiger partial charge in [-0.15, -0.1) is 0 Å². The Hall–Kier alpha value is -2.84. The minimum atomic E-state index is -0.353. The zero-order valence-electron chi connectivity index (χ0n) is 17.6. The smallest absolute Gasteiger partial charge is 0.259 e. The Bertz CT molecular complexity index is 1050. The molecule has 32 heavy (non-hydrogen) atoms. The fourth-order valence-corrected chi connectivity index (χ4v) is 3.72. The summed E-state index contributed by atoms with van der Waals surface area (Å²) in [5.74, 6) is 0.248. The molecule has 0 unspecified atom stereocenters. The molecular weight excluding hydrogens is 540 g/mol. The van der Waals surface area contributed by atoms with Gasteiger partial charge in [0, 0.05) is 8.95 Å². The maximum atomic E-state index is 13.0. The number of carbonyl (C=O) groups is 2. The van der Waals surface area contributed by atoms with E-state index in [1.54, 1.807) is 48.5 Å². The molecule has 0 spiro atoms. The number of rotatable bonds is 8. The lowest BCUT2D eigenvalue weighted by Crippen LogP contribution is -2.18. The van der Waals surface area contributed by atoms with Gasteiger partial charge in [-0.25, -0.2) is 0 Å². The molecule has 3 rings (SSSR count). The van der Waals surface area contributed by atoms with Crippen LogP contribution in [0.2, 0.25) is 0 Å². The zero-order valence-corrected chi connectivity index (χ0v) is 20.7. The lowest BCUT2D eigenvalue weighted by atomic mass is 10.1. The normalized spacial score (nSPS) is 10.4. The summed E-state index contributed by atoms with van der Waals surface area (Å²) in [5.41, 5.74) is 1.68. The van der Waals surface area contributed by atoms with E-state index in [0.717, 1.165) is 8.95 Å². The molecule has 0 aliphatic heterocycles. The second kappa shape index (κ2) is 11.2. The Morgan fingerprint density at radius 2 is 1.12 bits per heavy atom. The highest BCUT2D eigenvalue weighted by atomic mass is 79.9. The zero-order chi connectivity index (χ0) is 23.1. The summed E-state index contributed by atoms with van der Waals surface area (Å²) >= 11 is 6.78. The number of amides is 2. The van der Waals surface area contributed by atoms with Crippen LogP contribution in [-0.2, 0) is 0 Å². The van der Waals surface area contributed by atoms with Gasteiger partial charge in [-0.2, -0.15) is 0 Å². The number of halogens is 2. The van der Waals surface area contributed by atoms with Gasteiger partial charge in [-0.1, -0.05) is 44.0 Å². The fourth-order valence-electron chi connectivity index (χ4n) is 3.00. The van der Waals surface area contributed by atoms with Crippen LogP contribution in [0.1, 0.15) is 34.6 Å². The largest absolute Gasteiger partial charge is 0.493 e. The van der Waals surface area contributed by atoms with Crippen LogP contribution in [0.5, 0.6) is 11.5 Å². The Kier molecular flexibility index (Phi) is 8.30. The van der Waals surface area contributed by atoms with E-state index in [-0.39, 0.29) is 11.8 Å². The molecule has 8 heteroatoms. The van der Waals surface area contributed by atoms with Crippen LogP contribution in [-0.4, -0.2) is 25.0 Å². The van der Waals surface area contributed by atoms with Crippen molar-refractivity contribution < 1.29 is 19.1 Å². The number of nitrogens with one attached hydrogen (secondary N) is 2. The third-order valence-electron chi connectivity index (χ3n) is 4.40. The first-order valence-corrected chi connectivity index (χ1v) is 11.6. The molecule has 2 amide bonds. The first-order valence-electron chi connectivity index (χ1n) is 9.99. The van der Waals surface area contributed by atoms with E-state index < -0.39 is 0 Å². The van der Waals surface area contributed by atoms with Gasteiger partial charge < -0.3 is 20.1 Å². The molecule has 0 saturated carbocycles. The van der Waals surface area contributed by atoms with E-state index in [2.05, 4.69) is 42.5 Å². The topological polar surface area (TPSA) is 76.7 Å². The van der Waals surface area contributed by atoms with Crippen molar-refractivity contribution in [2.75, 3.05) is 23.8 Å². The van der Waals surface area contributed by atoms with Crippen molar-refractivity contribution in [3.63, 3.8) is 0 Å². The van der Waals surface area contributed by atoms with Gasteiger partial charge >= 0.3 is 0 Å². The Morgan fingerprint density at radius 1 is 0.719 bits per heavy atom. The van der Waals surface area contributed by atoms with E-state index in [1.165, 1.54) is 0 Å². The van der Waals surface area contributed by atoms with E-state index in [4.69, 9.17) is 9.47 Å². The standard InChI is InChI=1S/C24H22Br2N2O4/c1-3-31-21-11-9-15(25)13-17(21)23(29)27-19-7-5-6-8-20(19)28-24(30)18-14-16(26)10-12-22(18)32-4-2/h5-14H,3-4H2,1-2H3,(H,27,29)(H,28,30). The van der Waals surface area contributed by atoms with E-state index in [1.807, 2.05) is 26.0 Å². The molecule has 0 aliphatic rings. The van der Waals surface area contributed by atoms with E-state index in [0.29, 0.717) is 47.2 Å². The molecule has 0 fully saturated rings. The van der Waals surface area contributed by atoms with Crippen molar-refractivity contribution >= 4 is 55.0 Å². The SMILES string of the molecule is CCOc1ccc(Br)cc1C(=O)Nc1ccccc1NC(=O)c1cc(Br)ccc1OCC. The van der Waals surface area contributed by atoms with Crippen molar-refractivity contribution in [3.05, 3.63) is 80.7 Å². The molecule has 0 heterocycles. The van der Waals surface area contributed by atoms with Gasteiger partial charge in [-0.05, 0) is 62.4 Å². The summed E-state index contributed by atoms with van der Waals surface area (Å²) in [6.45, 7) is 4.58. The van der Waals surface area contributed by atoms with Crippen LogP contribution in [0.15, 0.2) is 69.6 Å². The van der Waals surface area contributed by atoms with Crippen LogP contribution in [0.3, 0.4) is 0 Å². The maximum Gasteiger partial charge on any atom is 0.259 e. The monoisotopic (exact) mass is 560 g/mol. The summed E-state index contributed by atoms with van der Waals surface area (Å²) in [4.78, 5) is 26.0. The van der Waals surface area contributed by atoms with Crippen LogP contribution in [0, 0.1) is 0 Å². The summed E-state index contributed by atoms with van der Waals surface area (Å²) in [6, 6.07) is 17.5. The molecule has 6 nitrogen and oxygen atoms in total. The maximum absolute atomic E-state index is 13.0. The molecule has 0 aliphatic carbocycles. The minimum absolute atomic E-state index is 0.353. The van der Waals surface area contributed by atoms with Gasteiger partial charge in [0.2, 0.25) is 0 Å². The summed E-state index contributed by atoms with van der Waals surface area (Å²) in [6.07, 6.45) is 0. The van der Waals surface area contributed by atoms with Crippen LogP contribution in [0.4, 0.5) is 11.4 Å². The van der Waals surface area contributed by atoms with Gasteiger partial charge in [0.15, 0.2) is 0 Å². The number of hydrogen-bond donors (Lipinski definition) is 2. The van der Waals surface area contributed by atoms with Gasteiger partial charge in [0.25, 0.3) is 11.8 Å². The van der Waals surface area contributed by atoms with Crippen molar-refractivity contribution in [1.29, 1.82) is 0 Å². The Labute approximate surface area is 203 Å². The molecule has 166 valence electrons. The molecule has 3 aromatic carbocycles. The van der Waals surface area contributed by atoms with Gasteiger partial charge in [0.05, 0.1) is 35.7 Å². The highest BCUT2D eigenvalue weighted by Crippen LogP contribution is 2.29. The Balaban J connectivity index is 1.86. The second-order valence-corrected chi connectivity index (χ2v) is 8.43. The average Bonchev–Trinajstić information content (AvgIpc) is 2.77. The predicted molar refractivity (Wildman–Crippen MR) is 133 cm³/mol. The first kappa shape index (κ1) is 23.8. The molecule has 0 bridgehead atoms. The van der Waals surface area contributed by atoms with Crippen LogP contribution in [0.25, 0.3) is 0 Å². The third kappa shape index (κ3) is 5.89. The fraction of sp³-hybridized carbons (Fsp3) is 0.167. The van der Waals surface area contributed by atoms with Gasteiger partial charge in [-0.3, -0.25) is 9.59 Å². The quantitative estimate of drug-likeness (QED) is 0.328. The number of carbonyl (C=O) groups excluding carboxylic acids is 2. The number of hydrogen-bond acceptors (Lipinski definition) is 4. The van der Waals surface area contributed by atoms with E-state index in [9.17, 15) is 9.59 Å². The third-order valence-corrected chi connectivity index (χ3v) is 5.38.